The summed E-state index contributed by atoms with van der Waals surface area (Å²) in [5.74, 6) is -0.367. The summed E-state index contributed by atoms with van der Waals surface area (Å²) in [5, 5.41) is 3.17. The van der Waals surface area contributed by atoms with Crippen molar-refractivity contribution in [2.45, 2.75) is 16.3 Å². The molecule has 0 bridgehead atoms. The average molecular weight is 453 g/mol. The lowest BCUT2D eigenvalue weighted by Crippen LogP contribution is -2.23. The van der Waals surface area contributed by atoms with Gasteiger partial charge in [-0.3, -0.25) is 9.59 Å². The van der Waals surface area contributed by atoms with Gasteiger partial charge in [0.25, 0.3) is 0 Å². The molecule has 1 aromatic heterocycles. The Morgan fingerprint density at radius 3 is 2.26 bits per heavy atom. The molecule has 4 rings (SSSR count). The van der Waals surface area contributed by atoms with Gasteiger partial charge in [0.1, 0.15) is 11.4 Å². The van der Waals surface area contributed by atoms with E-state index in [2.05, 4.69) is 5.32 Å². The molecule has 0 aliphatic rings. The predicted molar refractivity (Wildman–Crippen MR) is 120 cm³/mol. The third-order valence-electron chi connectivity index (χ3n) is 4.72. The van der Waals surface area contributed by atoms with Gasteiger partial charge in [0.05, 0.1) is 10.4 Å². The fraction of sp³-hybridized carbons (Fsp3) is 0.0435. The maximum Gasteiger partial charge on any atom is 0.244 e. The standard InChI is InChI=1S/C23H17ClN2O4S/c24-16-11-12-20-19(13-16)23(28)21(31(29,30)18-9-5-2-6-10-18)14-26(20)15-22(27)25-17-7-3-1-4-8-17/h1-14H,15H2,(H,25,27). The fourth-order valence-corrected chi connectivity index (χ4v) is 4.83. The van der Waals surface area contributed by atoms with Gasteiger partial charge in [-0.25, -0.2) is 8.42 Å². The summed E-state index contributed by atoms with van der Waals surface area (Å²) < 4.78 is 27.8. The molecule has 0 atom stereocenters. The van der Waals surface area contributed by atoms with E-state index in [4.69, 9.17) is 11.6 Å². The molecule has 1 N–H and O–H groups in total. The molecule has 1 heterocycles. The quantitative estimate of drug-likeness (QED) is 0.493. The Bertz CT molecular complexity index is 1430. The first kappa shape index (κ1) is 20.8. The van der Waals surface area contributed by atoms with Crippen LogP contribution in [-0.4, -0.2) is 18.9 Å². The molecule has 31 heavy (non-hydrogen) atoms. The van der Waals surface area contributed by atoms with Crippen LogP contribution in [0, 0.1) is 0 Å². The lowest BCUT2D eigenvalue weighted by Gasteiger charge is -2.14. The number of nitrogens with zero attached hydrogens (tertiary/aromatic N) is 1. The van der Waals surface area contributed by atoms with Gasteiger partial charge in [-0.2, -0.15) is 0 Å². The van der Waals surface area contributed by atoms with Crippen molar-refractivity contribution in [2.75, 3.05) is 5.32 Å². The highest BCUT2D eigenvalue weighted by Gasteiger charge is 2.24. The lowest BCUT2D eigenvalue weighted by atomic mass is 10.2. The fourth-order valence-electron chi connectivity index (χ4n) is 3.27. The number of hydrogen-bond acceptors (Lipinski definition) is 4. The molecule has 0 fully saturated rings. The van der Waals surface area contributed by atoms with Crippen molar-refractivity contribution in [1.82, 2.24) is 4.57 Å². The van der Waals surface area contributed by atoms with Gasteiger partial charge in [0.2, 0.25) is 21.2 Å². The molecule has 0 saturated heterocycles. The molecule has 6 nitrogen and oxygen atoms in total. The molecule has 156 valence electrons. The smallest absolute Gasteiger partial charge is 0.244 e. The monoisotopic (exact) mass is 452 g/mol. The Kier molecular flexibility index (Phi) is 5.63. The molecule has 4 aromatic rings. The van der Waals surface area contributed by atoms with E-state index in [-0.39, 0.29) is 22.7 Å². The van der Waals surface area contributed by atoms with E-state index in [9.17, 15) is 18.0 Å². The van der Waals surface area contributed by atoms with Crippen molar-refractivity contribution in [3.63, 3.8) is 0 Å². The predicted octanol–water partition coefficient (Wildman–Crippen LogP) is 4.13. The summed E-state index contributed by atoms with van der Waals surface area (Å²) in [4.78, 5) is 25.3. The number of amides is 1. The van der Waals surface area contributed by atoms with Crippen LogP contribution >= 0.6 is 11.6 Å². The van der Waals surface area contributed by atoms with Crippen LogP contribution in [0.25, 0.3) is 10.9 Å². The van der Waals surface area contributed by atoms with Crippen molar-refractivity contribution in [3.05, 3.63) is 100 Å². The summed E-state index contributed by atoms with van der Waals surface area (Å²) in [7, 11) is -4.10. The van der Waals surface area contributed by atoms with Gasteiger partial charge in [0, 0.05) is 22.3 Å². The van der Waals surface area contributed by atoms with Crippen LogP contribution in [0.3, 0.4) is 0 Å². The zero-order chi connectivity index (χ0) is 22.0. The highest BCUT2D eigenvalue weighted by molar-refractivity contribution is 7.91. The second-order valence-corrected chi connectivity index (χ2v) is 9.20. The van der Waals surface area contributed by atoms with Gasteiger partial charge in [-0.05, 0) is 42.5 Å². The maximum absolute atomic E-state index is 13.2. The largest absolute Gasteiger partial charge is 0.336 e. The molecule has 0 radical (unpaired) electrons. The molecular formula is C23H17ClN2O4S. The van der Waals surface area contributed by atoms with Gasteiger partial charge >= 0.3 is 0 Å². The highest BCUT2D eigenvalue weighted by atomic mass is 35.5. The maximum atomic E-state index is 13.2. The van der Waals surface area contributed by atoms with E-state index >= 15 is 0 Å². The molecule has 0 aliphatic carbocycles. The number of carbonyl (C=O) groups excluding carboxylic acids is 1. The minimum Gasteiger partial charge on any atom is -0.336 e. The van der Waals surface area contributed by atoms with E-state index in [1.807, 2.05) is 6.07 Å². The Morgan fingerprint density at radius 1 is 0.935 bits per heavy atom. The van der Waals surface area contributed by atoms with Crippen LogP contribution in [0.15, 0.2) is 99.6 Å². The number of para-hydroxylation sites is 1. The van der Waals surface area contributed by atoms with Crippen LogP contribution in [0.5, 0.6) is 0 Å². The third kappa shape index (κ3) is 4.23. The first-order valence-electron chi connectivity index (χ1n) is 9.34. The number of sulfone groups is 1. The third-order valence-corrected chi connectivity index (χ3v) is 6.72. The average Bonchev–Trinajstić information content (AvgIpc) is 2.77. The molecule has 0 saturated carbocycles. The number of fused-ring (bicyclic) bond motifs is 1. The Balaban J connectivity index is 1.84. The number of halogens is 1. The number of benzene rings is 3. The van der Waals surface area contributed by atoms with E-state index < -0.39 is 20.2 Å². The summed E-state index contributed by atoms with van der Waals surface area (Å²) in [6, 6.07) is 21.2. The molecule has 3 aromatic carbocycles. The first-order chi connectivity index (χ1) is 14.9. The summed E-state index contributed by atoms with van der Waals surface area (Å²) in [6.07, 6.45) is 1.21. The lowest BCUT2D eigenvalue weighted by molar-refractivity contribution is -0.116. The summed E-state index contributed by atoms with van der Waals surface area (Å²) >= 11 is 6.06. The van der Waals surface area contributed by atoms with E-state index in [0.717, 1.165) is 0 Å². The normalized spacial score (nSPS) is 11.4. The molecular weight excluding hydrogens is 436 g/mol. The topological polar surface area (TPSA) is 85.2 Å². The zero-order valence-electron chi connectivity index (χ0n) is 16.2. The number of carbonyl (C=O) groups is 1. The summed E-state index contributed by atoms with van der Waals surface area (Å²) in [5.41, 5.74) is 0.351. The van der Waals surface area contributed by atoms with E-state index in [1.54, 1.807) is 54.6 Å². The second kappa shape index (κ2) is 8.37. The highest BCUT2D eigenvalue weighted by Crippen LogP contribution is 2.23. The SMILES string of the molecule is O=C(Cn1cc(S(=O)(=O)c2ccccc2)c(=O)c2cc(Cl)ccc21)Nc1ccccc1. The van der Waals surface area contributed by atoms with Crippen LogP contribution in [0.2, 0.25) is 5.02 Å². The van der Waals surface area contributed by atoms with Crippen LogP contribution < -0.4 is 10.7 Å². The first-order valence-corrected chi connectivity index (χ1v) is 11.2. The number of rotatable bonds is 5. The number of hydrogen-bond donors (Lipinski definition) is 1. The van der Waals surface area contributed by atoms with E-state index in [1.165, 1.54) is 29.0 Å². The van der Waals surface area contributed by atoms with Gasteiger partial charge in [0.15, 0.2) is 0 Å². The van der Waals surface area contributed by atoms with Gasteiger partial charge < -0.3 is 9.88 Å². The minimum atomic E-state index is -4.10. The minimum absolute atomic E-state index is 0.00577. The van der Waals surface area contributed by atoms with Crippen molar-refractivity contribution < 1.29 is 13.2 Å². The molecule has 0 spiro atoms. The zero-order valence-corrected chi connectivity index (χ0v) is 17.7. The van der Waals surface area contributed by atoms with Crippen molar-refractivity contribution in [3.8, 4) is 0 Å². The molecule has 1 amide bonds. The Labute approximate surface area is 183 Å². The van der Waals surface area contributed by atoms with Gasteiger partial charge in [-0.1, -0.05) is 48.0 Å². The van der Waals surface area contributed by atoms with Crippen molar-refractivity contribution in [2.24, 2.45) is 0 Å². The van der Waals surface area contributed by atoms with Crippen LogP contribution in [-0.2, 0) is 21.2 Å². The van der Waals surface area contributed by atoms with Crippen molar-refractivity contribution >= 4 is 43.9 Å². The number of aromatic nitrogens is 1. The number of pyridine rings is 1. The summed E-state index contributed by atoms with van der Waals surface area (Å²) in [6.45, 7) is -0.190. The molecule has 0 aliphatic heterocycles. The van der Waals surface area contributed by atoms with Crippen LogP contribution in [0.4, 0.5) is 5.69 Å². The second-order valence-electron chi connectivity index (χ2n) is 6.84. The number of nitrogens with one attached hydrogen (secondary N) is 1. The molecule has 8 heteroatoms. The van der Waals surface area contributed by atoms with Crippen molar-refractivity contribution in [1.29, 1.82) is 0 Å². The Morgan fingerprint density at radius 2 is 1.58 bits per heavy atom. The molecule has 0 unspecified atom stereocenters. The van der Waals surface area contributed by atoms with Crippen LogP contribution in [0.1, 0.15) is 0 Å². The Hall–Kier alpha value is -3.42. The number of anilines is 1. The van der Waals surface area contributed by atoms with E-state index in [0.29, 0.717) is 16.2 Å². The van der Waals surface area contributed by atoms with Gasteiger partial charge in [-0.15, -0.1) is 0 Å².